The Balaban J connectivity index is 0.000000606. The highest BCUT2D eigenvalue weighted by atomic mass is 16.3. The summed E-state index contributed by atoms with van der Waals surface area (Å²) in [5.74, 6) is -2.01. The Morgan fingerprint density at radius 1 is 1.06 bits per heavy atom. The first-order chi connectivity index (χ1) is 7.54. The van der Waals surface area contributed by atoms with Gasteiger partial charge in [0.1, 0.15) is 0 Å². The summed E-state index contributed by atoms with van der Waals surface area (Å²) in [5.41, 5.74) is -0.00898. The van der Waals surface area contributed by atoms with Crippen LogP contribution >= 0.6 is 0 Å². The Hall–Kier alpha value is -2.04. The first kappa shape index (κ1) is 12.0. The molecule has 0 radical (unpaired) electrons. The van der Waals surface area contributed by atoms with E-state index in [1.807, 2.05) is 13.8 Å². The topological polar surface area (TPSA) is 77.8 Å². The van der Waals surface area contributed by atoms with Crippen molar-refractivity contribution < 1.29 is 19.8 Å². The van der Waals surface area contributed by atoms with Gasteiger partial charge in [-0.05, 0) is 12.1 Å². The van der Waals surface area contributed by atoms with Crippen LogP contribution in [-0.4, -0.2) is 34.0 Å². The summed E-state index contributed by atoms with van der Waals surface area (Å²) in [6.45, 7) is 4.00. The summed E-state index contributed by atoms with van der Waals surface area (Å²) in [4.78, 5) is 23.7. The molecule has 5 nitrogen and oxygen atoms in total. The average Bonchev–Trinajstić information content (AvgIpc) is 2.52. The normalized spacial score (nSPS) is 13.3. The molecule has 1 aromatic carbocycles. The van der Waals surface area contributed by atoms with Crippen molar-refractivity contribution in [1.82, 2.24) is 4.90 Å². The largest absolute Gasteiger partial charge is 0.504 e. The smallest absolute Gasteiger partial charge is 0.265 e. The second-order valence-electron chi connectivity index (χ2n) is 3.03. The number of carbonyl (C=O) groups excluding carboxylic acids is 2. The Morgan fingerprint density at radius 2 is 1.62 bits per heavy atom. The number of phenols is 2. The van der Waals surface area contributed by atoms with Crippen LogP contribution in [0.1, 0.15) is 34.6 Å². The molecule has 86 valence electrons. The van der Waals surface area contributed by atoms with Crippen LogP contribution in [0.4, 0.5) is 0 Å². The number of aromatic hydroxyl groups is 2. The quantitative estimate of drug-likeness (QED) is 0.514. The maximum Gasteiger partial charge on any atom is 0.265 e. The van der Waals surface area contributed by atoms with Gasteiger partial charge in [-0.3, -0.25) is 14.5 Å². The maximum absolute atomic E-state index is 11.4. The van der Waals surface area contributed by atoms with E-state index >= 15 is 0 Å². The first-order valence-corrected chi connectivity index (χ1v) is 4.91. The molecule has 1 heterocycles. The van der Waals surface area contributed by atoms with Crippen LogP contribution in [0, 0.1) is 0 Å². The van der Waals surface area contributed by atoms with Gasteiger partial charge in [0.05, 0.1) is 11.1 Å². The van der Waals surface area contributed by atoms with E-state index in [-0.39, 0.29) is 11.1 Å². The highest BCUT2D eigenvalue weighted by Crippen LogP contribution is 2.35. The molecule has 0 fully saturated rings. The lowest BCUT2D eigenvalue weighted by Gasteiger charge is -2.03. The molecule has 2 amide bonds. The highest BCUT2D eigenvalue weighted by Gasteiger charge is 2.36. The Labute approximate surface area is 92.9 Å². The molecule has 2 rings (SSSR count). The fraction of sp³-hybridized carbons (Fsp3) is 0.273. The molecular formula is C11H13NO4. The molecule has 0 atom stereocenters. The zero-order valence-corrected chi connectivity index (χ0v) is 9.31. The summed E-state index contributed by atoms with van der Waals surface area (Å²) in [5, 5.41) is 18.5. The molecule has 0 unspecified atom stereocenters. The molecule has 0 saturated heterocycles. The van der Waals surface area contributed by atoms with E-state index in [1.165, 1.54) is 19.2 Å². The molecule has 5 heteroatoms. The maximum atomic E-state index is 11.4. The molecule has 0 spiro atoms. The molecule has 1 aliphatic rings. The summed E-state index contributed by atoms with van der Waals surface area (Å²) in [6, 6.07) is 2.49. The van der Waals surface area contributed by atoms with Crippen LogP contribution in [0.2, 0.25) is 0 Å². The number of amides is 2. The molecule has 0 bridgehead atoms. The van der Waals surface area contributed by atoms with Crippen molar-refractivity contribution in [3.8, 4) is 11.5 Å². The lowest BCUT2D eigenvalue weighted by molar-refractivity contribution is 0.0692. The number of benzene rings is 1. The minimum atomic E-state index is -0.599. The standard InChI is InChI=1S/C9H7NO4.C2H6/c1-10-8(13)4-2-3-5(11)7(12)6(4)9(10)14;1-2/h2-3,11-12H,1H3;1-2H3. The zero-order valence-electron chi connectivity index (χ0n) is 9.31. The van der Waals surface area contributed by atoms with Crippen LogP contribution in [0.3, 0.4) is 0 Å². The van der Waals surface area contributed by atoms with Crippen molar-refractivity contribution in [2.45, 2.75) is 13.8 Å². The van der Waals surface area contributed by atoms with Crippen LogP contribution in [0.5, 0.6) is 11.5 Å². The van der Waals surface area contributed by atoms with Gasteiger partial charge in [-0.2, -0.15) is 0 Å². The molecule has 2 N–H and O–H groups in total. The number of hydrogen-bond donors (Lipinski definition) is 2. The summed E-state index contributed by atoms with van der Waals surface area (Å²) in [6.07, 6.45) is 0. The third kappa shape index (κ3) is 1.50. The molecule has 0 aromatic heterocycles. The van der Waals surface area contributed by atoms with Crippen LogP contribution in [0.15, 0.2) is 12.1 Å². The Bertz CT molecular complexity index is 454. The van der Waals surface area contributed by atoms with E-state index < -0.39 is 23.3 Å². The minimum absolute atomic E-state index is 0.118. The van der Waals surface area contributed by atoms with Gasteiger partial charge < -0.3 is 10.2 Å². The lowest BCUT2D eigenvalue weighted by atomic mass is 10.1. The van der Waals surface area contributed by atoms with Crippen LogP contribution < -0.4 is 0 Å². The van der Waals surface area contributed by atoms with Crippen molar-refractivity contribution in [2.75, 3.05) is 7.05 Å². The van der Waals surface area contributed by atoms with Gasteiger partial charge in [-0.15, -0.1) is 0 Å². The van der Waals surface area contributed by atoms with Gasteiger partial charge in [0.2, 0.25) is 0 Å². The number of carbonyl (C=O) groups is 2. The molecule has 0 saturated carbocycles. The number of nitrogens with zero attached hydrogens (tertiary/aromatic N) is 1. The third-order valence-electron chi connectivity index (χ3n) is 2.21. The Kier molecular flexibility index (Phi) is 3.17. The predicted octanol–water partition coefficient (Wildman–Crippen LogP) is 1.35. The lowest BCUT2D eigenvalue weighted by Crippen LogP contribution is -2.24. The van der Waals surface area contributed by atoms with Crippen molar-refractivity contribution in [3.05, 3.63) is 23.3 Å². The van der Waals surface area contributed by atoms with Gasteiger partial charge >= 0.3 is 0 Å². The summed E-state index contributed by atoms with van der Waals surface area (Å²) in [7, 11) is 1.32. The fourth-order valence-electron chi connectivity index (χ4n) is 1.42. The predicted molar refractivity (Wildman–Crippen MR) is 57.5 cm³/mol. The zero-order chi connectivity index (χ0) is 12.5. The van der Waals surface area contributed by atoms with Gasteiger partial charge in [0.15, 0.2) is 11.5 Å². The fourth-order valence-corrected chi connectivity index (χ4v) is 1.42. The summed E-state index contributed by atoms with van der Waals surface area (Å²) < 4.78 is 0. The van der Waals surface area contributed by atoms with E-state index in [2.05, 4.69) is 0 Å². The van der Waals surface area contributed by atoms with E-state index in [9.17, 15) is 14.7 Å². The molecule has 0 aliphatic carbocycles. The van der Waals surface area contributed by atoms with E-state index in [0.29, 0.717) is 0 Å². The second-order valence-corrected chi connectivity index (χ2v) is 3.03. The number of rotatable bonds is 0. The SMILES string of the molecule is CC.CN1C(=O)c2ccc(O)c(O)c2C1=O. The van der Waals surface area contributed by atoms with Gasteiger partial charge in [0.25, 0.3) is 11.8 Å². The summed E-state index contributed by atoms with van der Waals surface area (Å²) >= 11 is 0. The molecule has 16 heavy (non-hydrogen) atoms. The van der Waals surface area contributed by atoms with Crippen molar-refractivity contribution in [1.29, 1.82) is 0 Å². The number of imide groups is 1. The second kappa shape index (κ2) is 4.22. The average molecular weight is 223 g/mol. The molecule has 1 aliphatic heterocycles. The monoisotopic (exact) mass is 223 g/mol. The van der Waals surface area contributed by atoms with Gasteiger partial charge in [0, 0.05) is 7.05 Å². The van der Waals surface area contributed by atoms with E-state index in [1.54, 1.807) is 0 Å². The Morgan fingerprint density at radius 3 is 2.19 bits per heavy atom. The minimum Gasteiger partial charge on any atom is -0.504 e. The first-order valence-electron chi connectivity index (χ1n) is 4.91. The highest BCUT2D eigenvalue weighted by molar-refractivity contribution is 6.22. The van der Waals surface area contributed by atoms with Crippen LogP contribution in [0.25, 0.3) is 0 Å². The van der Waals surface area contributed by atoms with Crippen molar-refractivity contribution in [3.63, 3.8) is 0 Å². The molecule has 1 aromatic rings. The van der Waals surface area contributed by atoms with Crippen LogP contribution in [-0.2, 0) is 0 Å². The number of phenolic OH excluding ortho intramolecular Hbond substituents is 2. The van der Waals surface area contributed by atoms with Crippen molar-refractivity contribution in [2.24, 2.45) is 0 Å². The van der Waals surface area contributed by atoms with Gasteiger partial charge in [-0.25, -0.2) is 0 Å². The van der Waals surface area contributed by atoms with Crippen molar-refractivity contribution >= 4 is 11.8 Å². The number of hydrogen-bond acceptors (Lipinski definition) is 4. The third-order valence-corrected chi connectivity index (χ3v) is 2.21. The molecular weight excluding hydrogens is 210 g/mol. The van der Waals surface area contributed by atoms with E-state index in [0.717, 1.165) is 4.90 Å². The van der Waals surface area contributed by atoms with Gasteiger partial charge in [-0.1, -0.05) is 13.8 Å². The number of fused-ring (bicyclic) bond motifs is 1. The van der Waals surface area contributed by atoms with E-state index in [4.69, 9.17) is 5.11 Å².